The fourth-order valence-corrected chi connectivity index (χ4v) is 2.80. The minimum Gasteiger partial charge on any atom is -0.363 e. The molecule has 3 rings (SSSR count). The van der Waals surface area contributed by atoms with Gasteiger partial charge in [0.25, 0.3) is 5.91 Å². The minimum atomic E-state index is -4.72. The summed E-state index contributed by atoms with van der Waals surface area (Å²) in [7, 11) is 0. The fraction of sp³-hybridized carbons (Fsp3) is 0.211. The van der Waals surface area contributed by atoms with E-state index in [9.17, 15) is 22.4 Å². The maximum Gasteiger partial charge on any atom is 0.429 e. The molecule has 1 amide bonds. The summed E-state index contributed by atoms with van der Waals surface area (Å²) in [4.78, 5) is 16.6. The van der Waals surface area contributed by atoms with Crippen LogP contribution >= 0.6 is 0 Å². The summed E-state index contributed by atoms with van der Waals surface area (Å²) in [5, 5.41) is 12.8. The van der Waals surface area contributed by atoms with Crippen LogP contribution in [0.3, 0.4) is 0 Å². The molecule has 1 aliphatic rings. The van der Waals surface area contributed by atoms with Crippen LogP contribution in [-0.2, 0) is 0 Å². The standard InChI is InChI=1S/C19H16F4N4O/c1-10-25-15-7-11(18(28)27-13-4-2-3-12(20)8-13)5-6-14(15)16(26-10)9-17(24)19(21,22)23/h2-8,10,24-25H,9H2,1H3,(H,27,28). The Morgan fingerprint density at radius 3 is 2.68 bits per heavy atom. The van der Waals surface area contributed by atoms with E-state index in [2.05, 4.69) is 15.6 Å². The van der Waals surface area contributed by atoms with E-state index in [4.69, 9.17) is 5.41 Å². The van der Waals surface area contributed by atoms with E-state index >= 15 is 0 Å². The molecule has 9 heteroatoms. The van der Waals surface area contributed by atoms with Crippen molar-refractivity contribution in [3.05, 3.63) is 59.4 Å². The zero-order valence-corrected chi connectivity index (χ0v) is 14.7. The lowest BCUT2D eigenvalue weighted by Crippen LogP contribution is -2.29. The average Bonchev–Trinajstić information content (AvgIpc) is 2.60. The van der Waals surface area contributed by atoms with Crippen LogP contribution in [0.4, 0.5) is 28.9 Å². The Hall–Kier alpha value is -3.23. The third kappa shape index (κ3) is 4.36. The summed E-state index contributed by atoms with van der Waals surface area (Å²) < 4.78 is 51.4. The Kier molecular flexibility index (Phi) is 5.17. The summed E-state index contributed by atoms with van der Waals surface area (Å²) in [6.07, 6.45) is -5.89. The predicted molar refractivity (Wildman–Crippen MR) is 98.8 cm³/mol. The summed E-state index contributed by atoms with van der Waals surface area (Å²) in [5.41, 5.74) is 0.105. The van der Waals surface area contributed by atoms with E-state index in [1.54, 1.807) is 6.92 Å². The number of anilines is 2. The van der Waals surface area contributed by atoms with Gasteiger partial charge in [-0.1, -0.05) is 12.1 Å². The van der Waals surface area contributed by atoms with Crippen LogP contribution in [-0.4, -0.2) is 29.7 Å². The molecule has 0 aromatic heterocycles. The number of nitrogens with zero attached hydrogens (tertiary/aromatic N) is 1. The number of benzene rings is 2. The first-order chi connectivity index (χ1) is 13.1. The lowest BCUT2D eigenvalue weighted by atomic mass is 9.98. The van der Waals surface area contributed by atoms with Crippen molar-refractivity contribution < 1.29 is 22.4 Å². The van der Waals surface area contributed by atoms with Crippen molar-refractivity contribution in [2.45, 2.75) is 25.7 Å². The monoisotopic (exact) mass is 392 g/mol. The molecule has 0 fully saturated rings. The highest BCUT2D eigenvalue weighted by Gasteiger charge is 2.35. The number of aliphatic imine (C=N–C) groups is 1. The molecule has 0 saturated heterocycles. The molecule has 5 nitrogen and oxygen atoms in total. The van der Waals surface area contributed by atoms with Gasteiger partial charge in [-0.25, -0.2) is 4.39 Å². The number of carbonyl (C=O) groups excluding carboxylic acids is 1. The van der Waals surface area contributed by atoms with Gasteiger partial charge in [-0.15, -0.1) is 0 Å². The molecule has 0 radical (unpaired) electrons. The number of amides is 1. The first-order valence-corrected chi connectivity index (χ1v) is 8.32. The Morgan fingerprint density at radius 2 is 2.00 bits per heavy atom. The van der Waals surface area contributed by atoms with Crippen molar-refractivity contribution in [3.8, 4) is 0 Å². The van der Waals surface area contributed by atoms with Gasteiger partial charge in [-0.3, -0.25) is 9.79 Å². The molecule has 3 N–H and O–H groups in total. The molecule has 1 aliphatic heterocycles. The number of hydrogen-bond acceptors (Lipinski definition) is 4. The molecule has 0 bridgehead atoms. The summed E-state index contributed by atoms with van der Waals surface area (Å²) in [6, 6.07) is 9.83. The maximum absolute atomic E-state index is 13.2. The largest absolute Gasteiger partial charge is 0.429 e. The molecular formula is C19H16F4N4O. The smallest absolute Gasteiger partial charge is 0.363 e. The zero-order valence-electron chi connectivity index (χ0n) is 14.7. The molecule has 1 atom stereocenters. The first kappa shape index (κ1) is 19.5. The highest BCUT2D eigenvalue weighted by atomic mass is 19.4. The number of nitrogens with one attached hydrogen (secondary N) is 3. The Bertz CT molecular complexity index is 969. The van der Waals surface area contributed by atoms with E-state index in [1.165, 1.54) is 42.5 Å². The van der Waals surface area contributed by atoms with E-state index < -0.39 is 36.2 Å². The van der Waals surface area contributed by atoms with Gasteiger partial charge in [0, 0.05) is 28.9 Å². The topological polar surface area (TPSA) is 77.3 Å². The molecule has 0 spiro atoms. The number of hydrogen-bond donors (Lipinski definition) is 3. The Labute approximate surface area is 158 Å². The maximum atomic E-state index is 13.2. The number of fused-ring (bicyclic) bond motifs is 1. The van der Waals surface area contributed by atoms with Crippen LogP contribution < -0.4 is 10.6 Å². The van der Waals surface area contributed by atoms with Gasteiger partial charge in [0.05, 0.1) is 5.71 Å². The predicted octanol–water partition coefficient (Wildman–Crippen LogP) is 4.61. The van der Waals surface area contributed by atoms with Crippen LogP contribution in [0.5, 0.6) is 0 Å². The van der Waals surface area contributed by atoms with Crippen molar-refractivity contribution in [2.24, 2.45) is 4.99 Å². The zero-order chi connectivity index (χ0) is 20.5. The molecule has 28 heavy (non-hydrogen) atoms. The lowest BCUT2D eigenvalue weighted by Gasteiger charge is -2.24. The third-order valence-corrected chi connectivity index (χ3v) is 4.08. The second-order valence-electron chi connectivity index (χ2n) is 6.27. The van der Waals surface area contributed by atoms with Crippen LogP contribution in [0.25, 0.3) is 0 Å². The van der Waals surface area contributed by atoms with Gasteiger partial charge >= 0.3 is 6.18 Å². The fourth-order valence-electron chi connectivity index (χ4n) is 2.80. The van der Waals surface area contributed by atoms with Gasteiger partial charge < -0.3 is 16.0 Å². The Morgan fingerprint density at radius 1 is 1.25 bits per heavy atom. The van der Waals surface area contributed by atoms with E-state index in [1.807, 2.05) is 0 Å². The number of rotatable bonds is 4. The van der Waals surface area contributed by atoms with Crippen LogP contribution in [0.15, 0.2) is 47.5 Å². The minimum absolute atomic E-state index is 0.126. The normalized spacial score (nSPS) is 15.9. The molecule has 1 heterocycles. The van der Waals surface area contributed by atoms with Crippen molar-refractivity contribution in [3.63, 3.8) is 0 Å². The molecule has 146 valence electrons. The molecular weight excluding hydrogens is 376 g/mol. The molecule has 0 saturated carbocycles. The van der Waals surface area contributed by atoms with E-state index in [0.29, 0.717) is 11.3 Å². The van der Waals surface area contributed by atoms with Gasteiger partial charge in [-0.2, -0.15) is 13.2 Å². The SMILES string of the molecule is CC1N=C(CC(=N)C(F)(F)F)c2ccc(C(=O)Nc3cccc(F)c3)cc2N1. The van der Waals surface area contributed by atoms with Crippen molar-refractivity contribution >= 4 is 28.7 Å². The van der Waals surface area contributed by atoms with Crippen molar-refractivity contribution in [1.82, 2.24) is 0 Å². The van der Waals surface area contributed by atoms with Gasteiger partial charge in [0.2, 0.25) is 0 Å². The van der Waals surface area contributed by atoms with E-state index in [-0.39, 0.29) is 17.0 Å². The Balaban J connectivity index is 1.84. The lowest BCUT2D eigenvalue weighted by molar-refractivity contribution is -0.0605. The number of carbonyl (C=O) groups is 1. The quantitative estimate of drug-likeness (QED) is 0.525. The second kappa shape index (κ2) is 7.41. The molecule has 1 unspecified atom stereocenters. The summed E-state index contributed by atoms with van der Waals surface area (Å²) >= 11 is 0. The molecule has 2 aromatic carbocycles. The average molecular weight is 392 g/mol. The molecule has 2 aromatic rings. The first-order valence-electron chi connectivity index (χ1n) is 8.32. The highest BCUT2D eigenvalue weighted by molar-refractivity contribution is 6.17. The van der Waals surface area contributed by atoms with E-state index in [0.717, 1.165) is 0 Å². The van der Waals surface area contributed by atoms with Crippen molar-refractivity contribution in [1.29, 1.82) is 5.41 Å². The van der Waals surface area contributed by atoms with Crippen LogP contribution in [0.1, 0.15) is 29.3 Å². The number of alkyl halides is 3. The highest BCUT2D eigenvalue weighted by Crippen LogP contribution is 2.28. The van der Waals surface area contributed by atoms with Gasteiger partial charge in [0.1, 0.15) is 17.7 Å². The number of halogens is 4. The summed E-state index contributed by atoms with van der Waals surface area (Å²) in [5.74, 6) is -0.985. The van der Waals surface area contributed by atoms with Gasteiger partial charge in [-0.05, 0) is 37.3 Å². The second-order valence-corrected chi connectivity index (χ2v) is 6.27. The van der Waals surface area contributed by atoms with Crippen LogP contribution in [0, 0.1) is 11.2 Å². The molecule has 0 aliphatic carbocycles. The van der Waals surface area contributed by atoms with Crippen molar-refractivity contribution in [2.75, 3.05) is 10.6 Å². The van der Waals surface area contributed by atoms with Crippen LogP contribution in [0.2, 0.25) is 0 Å². The third-order valence-electron chi connectivity index (χ3n) is 4.08. The summed E-state index contributed by atoms with van der Waals surface area (Å²) in [6.45, 7) is 1.65. The van der Waals surface area contributed by atoms with Gasteiger partial charge in [0.15, 0.2) is 0 Å².